The van der Waals surface area contributed by atoms with Crippen molar-refractivity contribution in [3.8, 4) is 0 Å². The maximum atomic E-state index is 13.4. The molecule has 1 saturated carbocycles. The van der Waals surface area contributed by atoms with Crippen molar-refractivity contribution in [2.75, 3.05) is 33.4 Å². The Kier molecular flexibility index (Phi) is 9.55. The van der Waals surface area contributed by atoms with E-state index in [4.69, 9.17) is 4.74 Å². The summed E-state index contributed by atoms with van der Waals surface area (Å²) >= 11 is 0. The van der Waals surface area contributed by atoms with Crippen LogP contribution in [0.4, 0.5) is 0 Å². The van der Waals surface area contributed by atoms with Crippen LogP contribution in [0.1, 0.15) is 50.8 Å². The predicted molar refractivity (Wildman–Crippen MR) is 131 cm³/mol. The van der Waals surface area contributed by atoms with E-state index in [1.165, 1.54) is 5.56 Å². The number of hydrogen-bond acceptors (Lipinski definition) is 3. The van der Waals surface area contributed by atoms with Gasteiger partial charge in [-0.1, -0.05) is 57.0 Å². The fraction of sp³-hybridized carbons (Fsp3) is 0.556. The summed E-state index contributed by atoms with van der Waals surface area (Å²) < 4.78 is 7.46. The molecule has 2 aromatic rings. The lowest BCUT2D eigenvalue weighted by Crippen LogP contribution is -2.46. The van der Waals surface area contributed by atoms with E-state index in [1.54, 1.807) is 12.0 Å². The molecule has 0 bridgehead atoms. The third kappa shape index (κ3) is 7.46. The van der Waals surface area contributed by atoms with Gasteiger partial charge < -0.3 is 19.1 Å². The quantitative estimate of drug-likeness (QED) is 0.484. The molecule has 6 nitrogen and oxygen atoms in total. The normalized spacial score (nSPS) is 14.1. The Morgan fingerprint density at radius 3 is 2.45 bits per heavy atom. The molecule has 1 aliphatic rings. The van der Waals surface area contributed by atoms with Crippen LogP contribution in [-0.2, 0) is 27.4 Å². The molecule has 0 spiro atoms. The van der Waals surface area contributed by atoms with E-state index in [0.717, 1.165) is 37.9 Å². The van der Waals surface area contributed by atoms with Gasteiger partial charge in [0.25, 0.3) is 0 Å². The van der Waals surface area contributed by atoms with Gasteiger partial charge in [-0.05, 0) is 36.5 Å². The van der Waals surface area contributed by atoms with Crippen molar-refractivity contribution in [3.63, 3.8) is 0 Å². The van der Waals surface area contributed by atoms with Gasteiger partial charge in [0, 0.05) is 44.6 Å². The van der Waals surface area contributed by atoms with E-state index >= 15 is 0 Å². The first-order valence-corrected chi connectivity index (χ1v) is 12.2. The Morgan fingerprint density at radius 1 is 1.06 bits per heavy atom. The molecule has 6 heteroatoms. The van der Waals surface area contributed by atoms with Crippen molar-refractivity contribution in [1.82, 2.24) is 14.4 Å². The first-order valence-electron chi connectivity index (χ1n) is 12.2. The highest BCUT2D eigenvalue weighted by Crippen LogP contribution is 2.27. The summed E-state index contributed by atoms with van der Waals surface area (Å²) in [6.07, 6.45) is 6.16. The van der Waals surface area contributed by atoms with E-state index in [-0.39, 0.29) is 24.3 Å². The standard InChI is InChI=1S/C27H39N3O3/c1-22(2)18-30(27(32)24-12-7-8-13-24)21-26(31)29(16-17-33-3)20-25-14-9-15-28(25)19-23-10-5-4-6-11-23/h4-6,9-11,14-15,22,24H,7-8,12-13,16-21H2,1-3H3. The van der Waals surface area contributed by atoms with Crippen LogP contribution in [0, 0.1) is 11.8 Å². The minimum Gasteiger partial charge on any atom is -0.383 e. The zero-order chi connectivity index (χ0) is 23.6. The molecule has 0 unspecified atom stereocenters. The molecule has 2 amide bonds. The minimum absolute atomic E-state index is 0.0218. The third-order valence-electron chi connectivity index (χ3n) is 6.32. The van der Waals surface area contributed by atoms with Crippen LogP contribution in [0.3, 0.4) is 0 Å². The number of carbonyl (C=O) groups is 2. The summed E-state index contributed by atoms with van der Waals surface area (Å²) in [4.78, 5) is 30.2. The smallest absolute Gasteiger partial charge is 0.242 e. The Morgan fingerprint density at radius 2 is 1.79 bits per heavy atom. The molecular formula is C27H39N3O3. The molecule has 33 heavy (non-hydrogen) atoms. The van der Waals surface area contributed by atoms with Crippen LogP contribution in [-0.4, -0.2) is 59.5 Å². The Balaban J connectivity index is 1.71. The molecule has 1 heterocycles. The highest BCUT2D eigenvalue weighted by molar-refractivity contribution is 5.86. The molecule has 1 aromatic heterocycles. The number of benzene rings is 1. The molecule has 0 saturated heterocycles. The molecule has 1 aliphatic carbocycles. The molecule has 1 fully saturated rings. The molecule has 0 atom stereocenters. The number of carbonyl (C=O) groups excluding carboxylic acids is 2. The van der Waals surface area contributed by atoms with Crippen LogP contribution in [0.15, 0.2) is 48.7 Å². The number of nitrogens with zero attached hydrogens (tertiary/aromatic N) is 3. The average Bonchev–Trinajstić information content (AvgIpc) is 3.48. The summed E-state index contributed by atoms with van der Waals surface area (Å²) in [7, 11) is 1.65. The van der Waals surface area contributed by atoms with Gasteiger partial charge in [-0.25, -0.2) is 0 Å². The summed E-state index contributed by atoms with van der Waals surface area (Å²) in [5, 5.41) is 0. The minimum atomic E-state index is -0.0218. The van der Waals surface area contributed by atoms with E-state index in [9.17, 15) is 9.59 Å². The Bertz CT molecular complexity index is 872. The van der Waals surface area contributed by atoms with Gasteiger partial charge in [-0.2, -0.15) is 0 Å². The van der Waals surface area contributed by atoms with E-state index < -0.39 is 0 Å². The molecule has 180 valence electrons. The van der Waals surface area contributed by atoms with Crippen molar-refractivity contribution < 1.29 is 14.3 Å². The van der Waals surface area contributed by atoms with Gasteiger partial charge in [0.2, 0.25) is 11.8 Å². The van der Waals surface area contributed by atoms with Gasteiger partial charge in [0.05, 0.1) is 19.7 Å². The van der Waals surface area contributed by atoms with E-state index in [0.29, 0.717) is 32.2 Å². The van der Waals surface area contributed by atoms with E-state index in [2.05, 4.69) is 42.8 Å². The third-order valence-corrected chi connectivity index (χ3v) is 6.32. The van der Waals surface area contributed by atoms with Gasteiger partial charge in [0.15, 0.2) is 0 Å². The first-order chi connectivity index (χ1) is 16.0. The number of ether oxygens (including phenoxy) is 1. The van der Waals surface area contributed by atoms with Gasteiger partial charge in [-0.3, -0.25) is 9.59 Å². The molecule has 0 N–H and O–H groups in total. The van der Waals surface area contributed by atoms with Crippen molar-refractivity contribution in [2.45, 2.75) is 52.6 Å². The van der Waals surface area contributed by atoms with E-state index in [1.807, 2.05) is 29.2 Å². The lowest BCUT2D eigenvalue weighted by atomic mass is 10.1. The van der Waals surface area contributed by atoms with Crippen LogP contribution in [0.25, 0.3) is 0 Å². The van der Waals surface area contributed by atoms with Gasteiger partial charge in [-0.15, -0.1) is 0 Å². The van der Waals surface area contributed by atoms with Crippen LogP contribution >= 0.6 is 0 Å². The summed E-state index contributed by atoms with van der Waals surface area (Å²) in [5.41, 5.74) is 2.29. The Labute approximate surface area is 198 Å². The average molecular weight is 454 g/mol. The fourth-order valence-electron chi connectivity index (χ4n) is 4.58. The van der Waals surface area contributed by atoms with Gasteiger partial charge in [0.1, 0.15) is 0 Å². The lowest BCUT2D eigenvalue weighted by molar-refractivity contribution is -0.144. The summed E-state index contributed by atoms with van der Waals surface area (Å²) in [6.45, 7) is 7.16. The van der Waals surface area contributed by atoms with Gasteiger partial charge >= 0.3 is 0 Å². The number of amides is 2. The van der Waals surface area contributed by atoms with Crippen molar-refractivity contribution in [1.29, 1.82) is 0 Å². The molecule has 0 aliphatic heterocycles. The molecule has 1 aromatic carbocycles. The zero-order valence-corrected chi connectivity index (χ0v) is 20.4. The molecule has 3 rings (SSSR count). The second-order valence-electron chi connectivity index (χ2n) is 9.52. The second kappa shape index (κ2) is 12.6. The SMILES string of the molecule is COCCN(Cc1cccn1Cc1ccccc1)C(=O)CN(CC(C)C)C(=O)C1CCCC1. The lowest BCUT2D eigenvalue weighted by Gasteiger charge is -2.30. The number of rotatable bonds is 12. The number of aromatic nitrogens is 1. The molecule has 0 radical (unpaired) electrons. The summed E-state index contributed by atoms with van der Waals surface area (Å²) in [5.74, 6) is 0.519. The van der Waals surface area contributed by atoms with Crippen molar-refractivity contribution in [2.24, 2.45) is 11.8 Å². The highest BCUT2D eigenvalue weighted by atomic mass is 16.5. The zero-order valence-electron chi connectivity index (χ0n) is 20.4. The number of hydrogen-bond donors (Lipinski definition) is 0. The van der Waals surface area contributed by atoms with Crippen LogP contribution in [0.5, 0.6) is 0 Å². The van der Waals surface area contributed by atoms with Crippen molar-refractivity contribution in [3.05, 3.63) is 59.9 Å². The largest absolute Gasteiger partial charge is 0.383 e. The van der Waals surface area contributed by atoms with Crippen molar-refractivity contribution >= 4 is 11.8 Å². The Hall–Kier alpha value is -2.60. The maximum absolute atomic E-state index is 13.4. The second-order valence-corrected chi connectivity index (χ2v) is 9.52. The first kappa shape index (κ1) is 25.0. The monoisotopic (exact) mass is 453 g/mol. The maximum Gasteiger partial charge on any atom is 0.242 e. The highest BCUT2D eigenvalue weighted by Gasteiger charge is 2.30. The topological polar surface area (TPSA) is 54.8 Å². The predicted octanol–water partition coefficient (Wildman–Crippen LogP) is 4.19. The number of methoxy groups -OCH3 is 1. The summed E-state index contributed by atoms with van der Waals surface area (Å²) in [6, 6.07) is 14.4. The van der Waals surface area contributed by atoms with Crippen LogP contribution < -0.4 is 0 Å². The fourth-order valence-corrected chi connectivity index (χ4v) is 4.58. The van der Waals surface area contributed by atoms with Crippen LogP contribution in [0.2, 0.25) is 0 Å². The molecular weight excluding hydrogens is 414 g/mol.